The maximum atomic E-state index is 12.3. The smallest absolute Gasteiger partial charge is 0.344 e. The van der Waals surface area contributed by atoms with Crippen LogP contribution in [0.4, 0.5) is 0 Å². The molecule has 28 heteroatoms. The van der Waals surface area contributed by atoms with Gasteiger partial charge in [0.2, 0.25) is 13.6 Å². The van der Waals surface area contributed by atoms with Crippen LogP contribution >= 0.6 is 0 Å². The van der Waals surface area contributed by atoms with Crippen LogP contribution in [0.3, 0.4) is 0 Å². The Bertz CT molecular complexity index is 1840. The minimum Gasteiger partial charge on any atom is -0.463 e. The third kappa shape index (κ3) is 31.4. The summed E-state index contributed by atoms with van der Waals surface area (Å²) in [6.45, 7) is 11.3. The van der Waals surface area contributed by atoms with Gasteiger partial charge in [-0.05, 0) is 19.3 Å². The van der Waals surface area contributed by atoms with Crippen LogP contribution in [0.25, 0.3) is 0 Å². The molecule has 0 saturated carbocycles. The van der Waals surface area contributed by atoms with Crippen LogP contribution in [0.1, 0.15) is 57.8 Å². The molecule has 4 rings (SSSR count). The Kier molecular flexibility index (Phi) is 32.2. The fraction of sp³-hybridized carbons (Fsp3) is 0.796. The lowest BCUT2D eigenvalue weighted by molar-refractivity contribution is -0.169. The van der Waals surface area contributed by atoms with Crippen molar-refractivity contribution in [1.82, 2.24) is 40.0 Å². The Balaban J connectivity index is 0.861. The van der Waals surface area contributed by atoms with Gasteiger partial charge in [0.1, 0.15) is 13.2 Å². The van der Waals surface area contributed by atoms with Crippen molar-refractivity contribution >= 4 is 59.7 Å². The van der Waals surface area contributed by atoms with Gasteiger partial charge < -0.3 is 82.5 Å². The highest BCUT2D eigenvalue weighted by Gasteiger charge is 2.23. The number of unbranched alkanes of at least 4 members (excludes halogenated alkanes) is 2. The van der Waals surface area contributed by atoms with E-state index in [2.05, 4.69) is 30.2 Å². The Hall–Kier alpha value is -5.62. The first-order chi connectivity index (χ1) is 37.3. The molecule has 0 aromatic carbocycles. The number of nitrogens with zero attached hydrogens (tertiary/aromatic N) is 6. The summed E-state index contributed by atoms with van der Waals surface area (Å²) in [5, 5.41) is 6.50. The Morgan fingerprint density at radius 3 is 0.987 bits per heavy atom. The van der Waals surface area contributed by atoms with E-state index in [1.165, 1.54) is 0 Å². The third-order valence-electron chi connectivity index (χ3n) is 12.7. The van der Waals surface area contributed by atoms with Gasteiger partial charge in [0.05, 0.1) is 45.3 Å². The highest BCUT2D eigenvalue weighted by Crippen LogP contribution is 2.08. The summed E-state index contributed by atoms with van der Waals surface area (Å²) in [5.74, 6) is -6.02. The average Bonchev–Trinajstić information content (AvgIpc) is 3.43. The second-order valence-corrected chi connectivity index (χ2v) is 18.5. The zero-order valence-electron chi connectivity index (χ0n) is 44.4. The Morgan fingerprint density at radius 2 is 0.571 bits per heavy atom. The summed E-state index contributed by atoms with van der Waals surface area (Å²) in [4.78, 5) is 133. The first-order valence-electron chi connectivity index (χ1n) is 26.6. The minimum atomic E-state index is -0.955. The second-order valence-electron chi connectivity index (χ2n) is 18.5. The number of hydrogen-bond acceptors (Lipinski definition) is 28. The molecule has 0 unspecified atom stereocenters. The molecule has 2 N–H and O–H groups in total. The van der Waals surface area contributed by atoms with E-state index in [4.69, 9.17) is 47.4 Å². The summed E-state index contributed by atoms with van der Waals surface area (Å²) in [7, 11) is 0. The summed E-state index contributed by atoms with van der Waals surface area (Å²) in [6.07, 6.45) is 2.37. The maximum Gasteiger partial charge on any atom is 0.344 e. The highest BCUT2D eigenvalue weighted by atomic mass is 16.7. The van der Waals surface area contributed by atoms with Gasteiger partial charge in [-0.25, -0.2) is 14.4 Å². The number of carbonyl (C=O) groups excluding carboxylic acids is 10. The molecular formula is C49H80N8O20. The van der Waals surface area contributed by atoms with Crippen LogP contribution < -0.4 is 10.6 Å². The summed E-state index contributed by atoms with van der Waals surface area (Å²) in [6, 6.07) is 0. The van der Waals surface area contributed by atoms with Crippen molar-refractivity contribution in [2.45, 2.75) is 57.8 Å². The minimum absolute atomic E-state index is 0.0714. The van der Waals surface area contributed by atoms with Gasteiger partial charge >= 0.3 is 59.7 Å². The molecule has 436 valence electrons. The third-order valence-corrected chi connectivity index (χ3v) is 12.7. The first-order valence-corrected chi connectivity index (χ1v) is 26.6. The molecule has 4 fully saturated rings. The highest BCUT2D eigenvalue weighted by molar-refractivity contribution is 5.80. The van der Waals surface area contributed by atoms with Gasteiger partial charge in [0, 0.05) is 144 Å². The van der Waals surface area contributed by atoms with Gasteiger partial charge in [0.25, 0.3) is 0 Å². The van der Waals surface area contributed by atoms with Crippen LogP contribution in [-0.2, 0) is 95.3 Å². The van der Waals surface area contributed by atoms with Crippen LogP contribution in [0.2, 0.25) is 0 Å². The maximum absolute atomic E-state index is 12.3. The lowest BCUT2D eigenvalue weighted by Gasteiger charge is -2.34. The molecular weight excluding hydrogens is 1020 g/mol. The fourth-order valence-corrected chi connectivity index (χ4v) is 8.10. The van der Waals surface area contributed by atoms with Crippen LogP contribution in [0, 0.1) is 0 Å². The number of ether oxygens (including phenoxy) is 10. The standard InChI is InChI=1S/C49H80N8O20/c58-40(4-2-1-3-31-68-47(65)35-71-41(59)5-16-54-23-25-55(26-24-54)17-8-44(62)76-38-74-42(60)6-14-52-19-10-50-11-20-52)69-32-33-70-48(66)36-73-49(67)37-72-46(64)34-57-29-27-56(28-30-57)18-9-45(63)77-39-75-43(61)7-15-53-21-12-51-13-22-53/h50-51H,1-39H2. The molecule has 4 saturated heterocycles. The number of carbonyl (C=O) groups is 10. The first kappa shape index (κ1) is 63.9. The van der Waals surface area contributed by atoms with E-state index in [9.17, 15) is 47.9 Å². The van der Waals surface area contributed by atoms with Crippen LogP contribution in [0.15, 0.2) is 0 Å². The van der Waals surface area contributed by atoms with Crippen molar-refractivity contribution in [2.24, 2.45) is 0 Å². The lowest BCUT2D eigenvalue weighted by atomic mass is 10.2. The number of hydrogen-bond donors (Lipinski definition) is 2. The molecule has 4 aliphatic rings. The molecule has 28 nitrogen and oxygen atoms in total. The van der Waals surface area contributed by atoms with E-state index >= 15 is 0 Å². The van der Waals surface area contributed by atoms with Gasteiger partial charge in [0.15, 0.2) is 19.8 Å². The molecule has 0 bridgehead atoms. The van der Waals surface area contributed by atoms with Gasteiger partial charge in [-0.1, -0.05) is 0 Å². The quantitative estimate of drug-likeness (QED) is 0.0272. The van der Waals surface area contributed by atoms with Crippen molar-refractivity contribution in [2.75, 3.05) is 197 Å². The van der Waals surface area contributed by atoms with E-state index in [1.807, 2.05) is 9.80 Å². The largest absolute Gasteiger partial charge is 0.463 e. The van der Waals surface area contributed by atoms with Crippen LogP contribution in [-0.4, -0.2) is 286 Å². The molecule has 0 aromatic rings. The molecule has 0 atom stereocenters. The van der Waals surface area contributed by atoms with Gasteiger partial charge in [-0.15, -0.1) is 0 Å². The molecule has 0 spiro atoms. The number of rotatable bonds is 36. The zero-order chi connectivity index (χ0) is 55.3. The van der Waals surface area contributed by atoms with E-state index in [1.54, 1.807) is 0 Å². The summed E-state index contributed by atoms with van der Waals surface area (Å²) < 4.78 is 50.0. The van der Waals surface area contributed by atoms with Gasteiger partial charge in [-0.3, -0.25) is 38.5 Å². The average molecular weight is 1100 g/mol. The molecule has 0 amide bonds. The SMILES string of the molecule is O=C(CCCCCOC(=O)COC(=O)CCN1CCN(CCC(=O)OCOC(=O)CCN2CCNCC2)CC1)OCCOC(=O)COC(=O)COC(=O)CN1CCN(CCC(=O)OCOC(=O)CCN2CCNCC2)CC1. The van der Waals surface area contributed by atoms with Crippen molar-refractivity contribution in [3.05, 3.63) is 0 Å². The fourth-order valence-electron chi connectivity index (χ4n) is 8.10. The number of esters is 10. The van der Waals surface area contributed by atoms with Crippen molar-refractivity contribution in [1.29, 1.82) is 0 Å². The predicted octanol–water partition coefficient (Wildman–Crippen LogP) is -3.11. The molecule has 0 aromatic heterocycles. The zero-order valence-corrected chi connectivity index (χ0v) is 44.4. The van der Waals surface area contributed by atoms with E-state index in [0.29, 0.717) is 104 Å². The van der Waals surface area contributed by atoms with Crippen molar-refractivity contribution < 1.29 is 95.3 Å². The lowest BCUT2D eigenvalue weighted by Crippen LogP contribution is -2.48. The molecule has 0 radical (unpaired) electrons. The molecule has 77 heavy (non-hydrogen) atoms. The van der Waals surface area contributed by atoms with Crippen molar-refractivity contribution in [3.63, 3.8) is 0 Å². The summed E-state index contributed by atoms with van der Waals surface area (Å²) in [5.41, 5.74) is 0. The second kappa shape index (κ2) is 38.9. The topological polar surface area (TPSA) is 306 Å². The van der Waals surface area contributed by atoms with E-state index < -0.39 is 93.1 Å². The van der Waals surface area contributed by atoms with E-state index in [0.717, 1.165) is 52.4 Å². The number of nitrogens with one attached hydrogen (secondary N) is 2. The van der Waals surface area contributed by atoms with E-state index in [-0.39, 0.29) is 64.9 Å². The number of piperazine rings is 4. The molecule has 4 heterocycles. The van der Waals surface area contributed by atoms with Crippen molar-refractivity contribution in [3.8, 4) is 0 Å². The molecule has 4 aliphatic heterocycles. The van der Waals surface area contributed by atoms with Gasteiger partial charge in [-0.2, -0.15) is 0 Å². The monoisotopic (exact) mass is 1100 g/mol. The van der Waals surface area contributed by atoms with Crippen LogP contribution in [0.5, 0.6) is 0 Å². The molecule has 0 aliphatic carbocycles. The predicted molar refractivity (Wildman–Crippen MR) is 266 cm³/mol. The Morgan fingerprint density at radius 1 is 0.273 bits per heavy atom. The Labute approximate surface area is 449 Å². The normalized spacial score (nSPS) is 17.0. The summed E-state index contributed by atoms with van der Waals surface area (Å²) >= 11 is 0.